The molecule has 2 aliphatic carbocycles. The number of nitrogens with zero attached hydrogens (tertiary/aromatic N) is 2. The van der Waals surface area contributed by atoms with Gasteiger partial charge in [-0.1, -0.05) is 38.5 Å². The van der Waals surface area contributed by atoms with Gasteiger partial charge < -0.3 is 4.48 Å². The van der Waals surface area contributed by atoms with Crippen LogP contribution in [0.2, 0.25) is 0 Å². The zero-order chi connectivity index (χ0) is 15.8. The molecule has 3 aliphatic rings. The van der Waals surface area contributed by atoms with Crippen molar-refractivity contribution in [2.45, 2.75) is 101 Å². The maximum absolute atomic E-state index is 13.5. The monoisotopic (exact) mass is 308 g/mol. The summed E-state index contributed by atoms with van der Waals surface area (Å²) in [6, 6.07) is 0.673. The van der Waals surface area contributed by atoms with Crippen LogP contribution < -0.4 is 0 Å². The first-order chi connectivity index (χ1) is 10.4. The predicted octanol–water partition coefficient (Wildman–Crippen LogP) is 4.30. The van der Waals surface area contributed by atoms with Crippen molar-refractivity contribution in [1.82, 2.24) is 5.06 Å². The zero-order valence-corrected chi connectivity index (χ0v) is 15.1. The number of hydroxylamine groups is 2. The van der Waals surface area contributed by atoms with Crippen LogP contribution in [0.3, 0.4) is 0 Å². The molecule has 0 N–H and O–H groups in total. The van der Waals surface area contributed by atoms with Gasteiger partial charge in [0.1, 0.15) is 0 Å². The van der Waals surface area contributed by atoms with Gasteiger partial charge in [0.25, 0.3) is 0 Å². The Morgan fingerprint density at radius 2 is 1.27 bits per heavy atom. The van der Waals surface area contributed by atoms with E-state index in [1.165, 1.54) is 45.1 Å². The third-order valence-electron chi connectivity index (χ3n) is 7.46. The van der Waals surface area contributed by atoms with Crippen LogP contribution >= 0.6 is 0 Å². The lowest BCUT2D eigenvalue weighted by molar-refractivity contribution is -0.917. The van der Waals surface area contributed by atoms with E-state index in [1.54, 1.807) is 5.06 Å². The van der Waals surface area contributed by atoms with Crippen LogP contribution in [0.5, 0.6) is 0 Å². The van der Waals surface area contributed by atoms with Crippen LogP contribution in [-0.4, -0.2) is 47.3 Å². The van der Waals surface area contributed by atoms with Gasteiger partial charge in [0.15, 0.2) is 0 Å². The van der Waals surface area contributed by atoms with E-state index in [-0.39, 0.29) is 11.1 Å². The van der Waals surface area contributed by atoms with Crippen LogP contribution in [0.15, 0.2) is 0 Å². The minimum atomic E-state index is -0.0246. The lowest BCUT2D eigenvalue weighted by Gasteiger charge is -2.59. The van der Waals surface area contributed by atoms with Crippen molar-refractivity contribution >= 4 is 0 Å². The normalized spacial score (nSPS) is 32.5. The Morgan fingerprint density at radius 3 is 1.64 bits per heavy atom. The summed E-state index contributed by atoms with van der Waals surface area (Å²) in [7, 11) is 4.77. The number of quaternary nitrogens is 1. The number of hydrogen-bond acceptors (Lipinski definition) is 1. The van der Waals surface area contributed by atoms with Gasteiger partial charge in [-0.05, 0) is 32.6 Å². The van der Waals surface area contributed by atoms with Crippen LogP contribution in [0.4, 0.5) is 0 Å². The average Bonchev–Trinajstić information content (AvgIpc) is 2.54. The van der Waals surface area contributed by atoms with E-state index in [1.807, 2.05) is 0 Å². The highest BCUT2D eigenvalue weighted by atomic mass is 16.5. The van der Waals surface area contributed by atoms with E-state index in [0.29, 0.717) is 6.04 Å². The van der Waals surface area contributed by atoms with E-state index in [4.69, 9.17) is 0 Å². The number of hydrogen-bond donors (Lipinski definition) is 0. The minimum Gasteiger partial charge on any atom is -0.326 e. The molecule has 22 heavy (non-hydrogen) atoms. The molecule has 0 aromatic carbocycles. The van der Waals surface area contributed by atoms with Crippen molar-refractivity contribution < 1.29 is 9.69 Å². The first kappa shape index (κ1) is 16.7. The maximum atomic E-state index is 13.5. The Morgan fingerprint density at radius 1 is 0.864 bits per heavy atom. The first-order valence-corrected chi connectivity index (χ1v) is 9.74. The molecule has 3 heteroatoms. The van der Waals surface area contributed by atoms with Crippen LogP contribution in [0, 0.1) is 0 Å². The Balaban J connectivity index is 1.93. The molecule has 3 rings (SSSR count). The smallest absolute Gasteiger partial charge is 0.0923 e. The summed E-state index contributed by atoms with van der Waals surface area (Å²) in [5.41, 5.74) is -0.0492. The summed E-state index contributed by atoms with van der Waals surface area (Å²) >= 11 is 0. The molecule has 3 fully saturated rings. The van der Waals surface area contributed by atoms with Gasteiger partial charge in [-0.3, -0.25) is 0 Å². The summed E-state index contributed by atoms with van der Waals surface area (Å²) in [5.74, 6) is 0. The highest BCUT2D eigenvalue weighted by Gasteiger charge is 2.58. The van der Waals surface area contributed by atoms with Gasteiger partial charge in [0.05, 0.1) is 37.8 Å². The molecule has 0 aromatic rings. The lowest BCUT2D eigenvalue weighted by atomic mass is 9.65. The highest BCUT2D eigenvalue weighted by Crippen LogP contribution is 2.52. The summed E-state index contributed by atoms with van der Waals surface area (Å²) < 4.78 is 1.09. The molecule has 0 bridgehead atoms. The molecule has 0 unspecified atom stereocenters. The molecule has 3 nitrogen and oxygen atoms in total. The van der Waals surface area contributed by atoms with Crippen molar-refractivity contribution in [3.05, 3.63) is 0 Å². The molecule has 0 amide bonds. The molecule has 1 heterocycles. The van der Waals surface area contributed by atoms with E-state index < -0.39 is 0 Å². The Kier molecular flexibility index (Phi) is 4.61. The van der Waals surface area contributed by atoms with Crippen molar-refractivity contribution in [2.75, 3.05) is 20.6 Å². The van der Waals surface area contributed by atoms with Gasteiger partial charge in [-0.25, -0.2) is 0 Å². The summed E-state index contributed by atoms with van der Waals surface area (Å²) in [6.07, 6.45) is 14.6. The summed E-state index contributed by atoms with van der Waals surface area (Å²) in [4.78, 5) is 0. The molecule has 0 aromatic heterocycles. The molecule has 2 spiro atoms. The second-order valence-corrected chi connectivity index (χ2v) is 9.02. The van der Waals surface area contributed by atoms with Gasteiger partial charge >= 0.3 is 0 Å². The van der Waals surface area contributed by atoms with Crippen LogP contribution in [0.25, 0.3) is 0 Å². The van der Waals surface area contributed by atoms with Crippen molar-refractivity contribution in [1.29, 1.82) is 0 Å². The predicted molar refractivity (Wildman–Crippen MR) is 89.8 cm³/mol. The largest absolute Gasteiger partial charge is 0.326 e. The molecular weight excluding hydrogens is 272 g/mol. The average molecular weight is 309 g/mol. The minimum absolute atomic E-state index is 0.0246. The summed E-state index contributed by atoms with van der Waals surface area (Å²) in [5, 5.41) is 15.2. The topological polar surface area (TPSA) is 23.1 Å². The Hall–Kier alpha value is -0.120. The van der Waals surface area contributed by atoms with Gasteiger partial charge in [0, 0.05) is 12.8 Å². The second kappa shape index (κ2) is 6.07. The molecule has 0 atom stereocenters. The van der Waals surface area contributed by atoms with Gasteiger partial charge in [-0.2, -0.15) is 0 Å². The molecule has 1 aliphatic heterocycles. The third-order valence-corrected chi connectivity index (χ3v) is 7.46. The van der Waals surface area contributed by atoms with Crippen molar-refractivity contribution in [2.24, 2.45) is 0 Å². The lowest BCUT2D eigenvalue weighted by Crippen LogP contribution is -2.69. The van der Waals surface area contributed by atoms with Crippen molar-refractivity contribution in [3.8, 4) is 0 Å². The first-order valence-electron chi connectivity index (χ1n) is 9.74. The van der Waals surface area contributed by atoms with Crippen molar-refractivity contribution in [3.63, 3.8) is 0 Å². The standard InChI is InChI=1S/C19H36N2O/c1-4-21(2,3)17-15-18(11-7-5-8-12-18)20(22)19(16-17)13-9-6-10-14-19/h17H,4-16H2,1-3H3/q+1. The van der Waals surface area contributed by atoms with E-state index >= 15 is 0 Å². The highest BCUT2D eigenvalue weighted by molar-refractivity contribution is 5.06. The fourth-order valence-corrected chi connectivity index (χ4v) is 5.60. The van der Waals surface area contributed by atoms with E-state index in [9.17, 15) is 5.21 Å². The molecular formula is C19H36N2O+. The molecule has 2 saturated carbocycles. The molecule has 1 radical (unpaired) electrons. The van der Waals surface area contributed by atoms with Gasteiger partial charge in [0.2, 0.25) is 0 Å². The zero-order valence-electron chi connectivity index (χ0n) is 15.1. The second-order valence-electron chi connectivity index (χ2n) is 9.02. The summed E-state index contributed by atoms with van der Waals surface area (Å²) in [6.45, 7) is 3.49. The fraction of sp³-hybridized carbons (Fsp3) is 1.00. The Bertz CT molecular complexity index is 353. The molecule has 127 valence electrons. The van der Waals surface area contributed by atoms with Crippen LogP contribution in [-0.2, 0) is 5.21 Å². The fourth-order valence-electron chi connectivity index (χ4n) is 5.60. The van der Waals surface area contributed by atoms with Gasteiger partial charge in [-0.15, -0.1) is 10.3 Å². The molecule has 1 saturated heterocycles. The number of rotatable bonds is 2. The quantitative estimate of drug-likeness (QED) is 0.698. The van der Waals surface area contributed by atoms with E-state index in [2.05, 4.69) is 21.0 Å². The maximum Gasteiger partial charge on any atom is 0.0923 e. The van der Waals surface area contributed by atoms with E-state index in [0.717, 1.165) is 43.0 Å². The van der Waals surface area contributed by atoms with Crippen LogP contribution in [0.1, 0.15) is 84.0 Å². The number of piperidine rings is 1. The third kappa shape index (κ3) is 2.74. The SMILES string of the molecule is CC[N+](C)(C)C1CC2(CCCCC2)N([O])C2(CCCCC2)C1. The Labute approximate surface area is 137 Å².